The standard InChI is InChI=1S/C4H9F2N/c1-3(2-5)4(6)7/h3-4H,2,7H2,1H3. The minimum Gasteiger partial charge on any atom is -0.301 e. The Morgan fingerprint density at radius 1 is 1.71 bits per heavy atom. The SMILES string of the molecule is CC(CF)C(N)F. The Hall–Kier alpha value is -0.180. The Balaban J connectivity index is 3.14. The van der Waals surface area contributed by atoms with Crippen LogP contribution < -0.4 is 5.73 Å². The van der Waals surface area contributed by atoms with E-state index in [4.69, 9.17) is 0 Å². The monoisotopic (exact) mass is 109 g/mol. The van der Waals surface area contributed by atoms with Crippen molar-refractivity contribution in [2.24, 2.45) is 11.7 Å². The van der Waals surface area contributed by atoms with Gasteiger partial charge in [-0.15, -0.1) is 0 Å². The normalized spacial score (nSPS) is 18.9. The quantitative estimate of drug-likeness (QED) is 0.522. The lowest BCUT2D eigenvalue weighted by atomic mass is 10.2. The average molecular weight is 109 g/mol. The van der Waals surface area contributed by atoms with Gasteiger partial charge in [-0.2, -0.15) is 0 Å². The largest absolute Gasteiger partial charge is 0.301 e. The van der Waals surface area contributed by atoms with E-state index in [-0.39, 0.29) is 0 Å². The fraction of sp³-hybridized carbons (Fsp3) is 1.00. The molecule has 1 nitrogen and oxygen atoms in total. The molecule has 3 heteroatoms. The molecule has 7 heavy (non-hydrogen) atoms. The lowest BCUT2D eigenvalue weighted by Crippen LogP contribution is -2.23. The van der Waals surface area contributed by atoms with Gasteiger partial charge in [0, 0.05) is 5.92 Å². The molecule has 0 aliphatic heterocycles. The van der Waals surface area contributed by atoms with Gasteiger partial charge >= 0.3 is 0 Å². The molecule has 2 N–H and O–H groups in total. The fourth-order valence-corrected chi connectivity index (χ4v) is 0.0851. The molecule has 0 saturated carbocycles. The topological polar surface area (TPSA) is 26.0 Å². The molecule has 0 radical (unpaired) electrons. The van der Waals surface area contributed by atoms with Gasteiger partial charge in [-0.25, -0.2) is 4.39 Å². The van der Waals surface area contributed by atoms with Crippen LogP contribution in [-0.4, -0.2) is 13.0 Å². The van der Waals surface area contributed by atoms with Gasteiger partial charge in [-0.3, -0.25) is 4.39 Å². The molecule has 0 heterocycles. The van der Waals surface area contributed by atoms with Gasteiger partial charge in [0.15, 0.2) is 6.30 Å². The molecule has 0 amide bonds. The second-order valence-electron chi connectivity index (χ2n) is 1.58. The third-order valence-electron chi connectivity index (χ3n) is 0.787. The van der Waals surface area contributed by atoms with E-state index >= 15 is 0 Å². The van der Waals surface area contributed by atoms with E-state index in [9.17, 15) is 8.78 Å². The van der Waals surface area contributed by atoms with E-state index in [2.05, 4.69) is 5.73 Å². The highest BCUT2D eigenvalue weighted by molar-refractivity contribution is 4.54. The number of nitrogens with two attached hydrogens (primary N) is 1. The minimum absolute atomic E-state index is 0.653. The smallest absolute Gasteiger partial charge is 0.153 e. The molecule has 0 fully saturated rings. The van der Waals surface area contributed by atoms with Crippen LogP contribution in [0.2, 0.25) is 0 Å². The van der Waals surface area contributed by atoms with Gasteiger partial charge in [0.05, 0.1) is 6.67 Å². The second-order valence-corrected chi connectivity index (χ2v) is 1.58. The highest BCUT2D eigenvalue weighted by atomic mass is 19.1. The van der Waals surface area contributed by atoms with Crippen LogP contribution in [0.5, 0.6) is 0 Å². The summed E-state index contributed by atoms with van der Waals surface area (Å²) in [6.45, 7) is 0.738. The van der Waals surface area contributed by atoms with E-state index < -0.39 is 18.9 Å². The van der Waals surface area contributed by atoms with Crippen molar-refractivity contribution in [1.29, 1.82) is 0 Å². The highest BCUT2D eigenvalue weighted by Crippen LogP contribution is 2.00. The first-order valence-electron chi connectivity index (χ1n) is 2.14. The predicted octanol–water partition coefficient (Wildman–Crippen LogP) is 0.846. The van der Waals surface area contributed by atoms with Gasteiger partial charge in [0.2, 0.25) is 0 Å². The number of halogens is 2. The number of hydrogen-bond donors (Lipinski definition) is 1. The third-order valence-corrected chi connectivity index (χ3v) is 0.787. The van der Waals surface area contributed by atoms with Crippen LogP contribution in [-0.2, 0) is 0 Å². The van der Waals surface area contributed by atoms with E-state index in [1.807, 2.05) is 0 Å². The molecular formula is C4H9F2N. The van der Waals surface area contributed by atoms with Crippen LogP contribution in [0.4, 0.5) is 8.78 Å². The fourth-order valence-electron chi connectivity index (χ4n) is 0.0851. The van der Waals surface area contributed by atoms with Crippen molar-refractivity contribution in [2.45, 2.75) is 13.2 Å². The predicted molar refractivity (Wildman–Crippen MR) is 24.2 cm³/mol. The third kappa shape index (κ3) is 2.51. The molecule has 0 saturated heterocycles. The van der Waals surface area contributed by atoms with Crippen molar-refractivity contribution in [3.63, 3.8) is 0 Å². The van der Waals surface area contributed by atoms with E-state index in [0.29, 0.717) is 0 Å². The van der Waals surface area contributed by atoms with Crippen molar-refractivity contribution in [3.8, 4) is 0 Å². The van der Waals surface area contributed by atoms with Gasteiger partial charge in [0.1, 0.15) is 0 Å². The van der Waals surface area contributed by atoms with E-state index in [1.165, 1.54) is 6.92 Å². The summed E-state index contributed by atoms with van der Waals surface area (Å²) in [7, 11) is 0. The highest BCUT2D eigenvalue weighted by Gasteiger charge is 2.08. The summed E-state index contributed by atoms with van der Waals surface area (Å²) in [5, 5.41) is 0. The molecule has 0 bridgehead atoms. The lowest BCUT2D eigenvalue weighted by molar-refractivity contribution is 0.211. The zero-order valence-electron chi connectivity index (χ0n) is 4.20. The molecule has 0 aromatic rings. The first-order chi connectivity index (χ1) is 3.18. The summed E-state index contributed by atoms with van der Waals surface area (Å²) < 4.78 is 23.0. The number of alkyl halides is 2. The first-order valence-corrected chi connectivity index (χ1v) is 2.14. The van der Waals surface area contributed by atoms with Crippen LogP contribution in [0.3, 0.4) is 0 Å². The molecule has 2 atom stereocenters. The van der Waals surface area contributed by atoms with Gasteiger partial charge in [0.25, 0.3) is 0 Å². The Morgan fingerprint density at radius 3 is 2.14 bits per heavy atom. The molecule has 0 aliphatic carbocycles. The molecule has 0 rings (SSSR count). The minimum atomic E-state index is -1.51. The zero-order valence-corrected chi connectivity index (χ0v) is 4.20. The first kappa shape index (κ1) is 6.82. The summed E-state index contributed by atoms with van der Waals surface area (Å²) in [5.41, 5.74) is 4.64. The summed E-state index contributed by atoms with van der Waals surface area (Å²) in [6.07, 6.45) is -1.51. The summed E-state index contributed by atoms with van der Waals surface area (Å²) in [5.74, 6) is -0.653. The maximum Gasteiger partial charge on any atom is 0.153 e. The molecule has 0 aromatic carbocycles. The van der Waals surface area contributed by atoms with Crippen LogP contribution >= 0.6 is 0 Å². The zero-order chi connectivity index (χ0) is 5.86. The molecule has 2 unspecified atom stereocenters. The van der Waals surface area contributed by atoms with Gasteiger partial charge < -0.3 is 5.73 Å². The number of rotatable bonds is 2. The average Bonchev–Trinajstić information content (AvgIpc) is 1.65. The number of hydrogen-bond acceptors (Lipinski definition) is 1. The maximum atomic E-state index is 11.6. The second kappa shape index (κ2) is 2.91. The van der Waals surface area contributed by atoms with E-state index in [0.717, 1.165) is 0 Å². The Morgan fingerprint density at radius 2 is 2.14 bits per heavy atom. The van der Waals surface area contributed by atoms with Crippen LogP contribution in [0.15, 0.2) is 0 Å². The van der Waals surface area contributed by atoms with E-state index in [1.54, 1.807) is 0 Å². The molecule has 0 aliphatic rings. The van der Waals surface area contributed by atoms with Crippen molar-refractivity contribution in [1.82, 2.24) is 0 Å². The Kier molecular flexibility index (Phi) is 2.83. The lowest BCUT2D eigenvalue weighted by Gasteiger charge is -2.04. The van der Waals surface area contributed by atoms with Crippen LogP contribution in [0.25, 0.3) is 0 Å². The molecule has 44 valence electrons. The summed E-state index contributed by atoms with van der Waals surface area (Å²) in [4.78, 5) is 0. The van der Waals surface area contributed by atoms with Gasteiger partial charge in [-0.05, 0) is 0 Å². The molecular weight excluding hydrogens is 100 g/mol. The Labute approximate surface area is 41.5 Å². The van der Waals surface area contributed by atoms with Crippen molar-refractivity contribution >= 4 is 0 Å². The summed E-state index contributed by atoms with van der Waals surface area (Å²) >= 11 is 0. The summed E-state index contributed by atoms with van der Waals surface area (Å²) in [6, 6.07) is 0. The van der Waals surface area contributed by atoms with Crippen molar-refractivity contribution in [2.75, 3.05) is 6.67 Å². The van der Waals surface area contributed by atoms with Gasteiger partial charge in [-0.1, -0.05) is 6.92 Å². The van der Waals surface area contributed by atoms with Crippen LogP contribution in [0, 0.1) is 5.92 Å². The van der Waals surface area contributed by atoms with Crippen molar-refractivity contribution < 1.29 is 8.78 Å². The van der Waals surface area contributed by atoms with Crippen molar-refractivity contribution in [3.05, 3.63) is 0 Å². The van der Waals surface area contributed by atoms with Crippen LogP contribution in [0.1, 0.15) is 6.92 Å². The molecule has 0 aromatic heterocycles. The maximum absolute atomic E-state index is 11.6. The molecule has 0 spiro atoms. The Bertz CT molecular complexity index is 47.0.